The minimum atomic E-state index is -3.18. The van der Waals surface area contributed by atoms with Gasteiger partial charge in [-0.05, 0) is 30.5 Å². The molecule has 0 atom stereocenters. The van der Waals surface area contributed by atoms with Gasteiger partial charge in [0.1, 0.15) is 5.82 Å². The van der Waals surface area contributed by atoms with Crippen LogP contribution in [0.2, 0.25) is 10.0 Å². The second-order valence-electron chi connectivity index (χ2n) is 6.53. The molecular weight excluding hydrogens is 399 g/mol. The summed E-state index contributed by atoms with van der Waals surface area (Å²) in [5.74, 6) is 0.723. The van der Waals surface area contributed by atoms with E-state index in [0.29, 0.717) is 41.8 Å². The van der Waals surface area contributed by atoms with E-state index >= 15 is 0 Å². The molecule has 1 aliphatic heterocycles. The number of benzene rings is 1. The van der Waals surface area contributed by atoms with Gasteiger partial charge in [-0.2, -0.15) is 5.10 Å². The van der Waals surface area contributed by atoms with E-state index < -0.39 is 10.0 Å². The molecule has 1 aromatic carbocycles. The van der Waals surface area contributed by atoms with Crippen molar-refractivity contribution in [3.8, 4) is 0 Å². The zero-order valence-electron chi connectivity index (χ0n) is 14.5. The Bertz CT molecular complexity index is 976. The first-order valence-electron chi connectivity index (χ1n) is 8.19. The van der Waals surface area contributed by atoms with Crippen molar-refractivity contribution in [1.29, 1.82) is 0 Å². The molecule has 0 unspecified atom stereocenters. The van der Waals surface area contributed by atoms with Crippen molar-refractivity contribution in [2.24, 2.45) is 7.05 Å². The molecule has 0 aliphatic carbocycles. The van der Waals surface area contributed by atoms with Gasteiger partial charge in [0.15, 0.2) is 0 Å². The Labute approximate surface area is 162 Å². The van der Waals surface area contributed by atoms with Crippen molar-refractivity contribution < 1.29 is 8.42 Å². The summed E-state index contributed by atoms with van der Waals surface area (Å²) in [5, 5.41) is 5.50. The van der Waals surface area contributed by atoms with Crippen molar-refractivity contribution in [2.45, 2.75) is 25.3 Å². The molecule has 2 aromatic rings. The van der Waals surface area contributed by atoms with Gasteiger partial charge in [0.25, 0.3) is 0 Å². The van der Waals surface area contributed by atoms with Crippen LogP contribution < -0.4 is 5.69 Å². The summed E-state index contributed by atoms with van der Waals surface area (Å²) in [6, 6.07) is 5.13. The molecular formula is C16H20Cl2N4O3S. The first-order valence-corrected chi connectivity index (χ1v) is 10.8. The van der Waals surface area contributed by atoms with Gasteiger partial charge in [-0.25, -0.2) is 22.2 Å². The topological polar surface area (TPSA) is 77.2 Å². The van der Waals surface area contributed by atoms with Gasteiger partial charge in [0.2, 0.25) is 10.0 Å². The minimum absolute atomic E-state index is 0.0487. The van der Waals surface area contributed by atoms with Gasteiger partial charge >= 0.3 is 5.69 Å². The molecule has 0 amide bonds. The van der Waals surface area contributed by atoms with Gasteiger partial charge in [-0.1, -0.05) is 29.3 Å². The molecule has 7 nitrogen and oxygen atoms in total. The Hall–Kier alpha value is -1.35. The maximum absolute atomic E-state index is 12.5. The maximum atomic E-state index is 12.5. The lowest BCUT2D eigenvalue weighted by Crippen LogP contribution is -2.37. The van der Waals surface area contributed by atoms with Crippen LogP contribution in [0.25, 0.3) is 0 Å². The number of hydrogen-bond donors (Lipinski definition) is 0. The van der Waals surface area contributed by atoms with E-state index in [4.69, 9.17) is 23.2 Å². The highest BCUT2D eigenvalue weighted by Crippen LogP contribution is 2.27. The largest absolute Gasteiger partial charge is 0.345 e. The number of rotatable bonds is 4. The Kier molecular flexibility index (Phi) is 5.48. The highest BCUT2D eigenvalue weighted by atomic mass is 35.5. The maximum Gasteiger partial charge on any atom is 0.345 e. The van der Waals surface area contributed by atoms with Gasteiger partial charge in [0.05, 0.1) is 12.8 Å². The van der Waals surface area contributed by atoms with Crippen molar-refractivity contribution >= 4 is 33.2 Å². The Morgan fingerprint density at radius 2 is 1.88 bits per heavy atom. The number of hydrogen-bond acceptors (Lipinski definition) is 4. The van der Waals surface area contributed by atoms with E-state index in [1.807, 2.05) is 0 Å². The lowest BCUT2D eigenvalue weighted by molar-refractivity contribution is 0.311. The molecule has 0 spiro atoms. The number of piperidine rings is 1. The third-order valence-corrected chi connectivity index (χ3v) is 6.59. The Morgan fingerprint density at radius 1 is 1.23 bits per heavy atom. The standard InChI is InChI=1S/C16H20Cl2N4O3S/c1-20-15(11-5-7-21(8-6-11)26(2,24)25)19-22(16(20)23)10-12-3-4-13(17)9-14(12)18/h3-4,9,11H,5-8,10H2,1-2H3. The van der Waals surface area contributed by atoms with Crippen LogP contribution in [-0.4, -0.2) is 46.4 Å². The second-order valence-corrected chi connectivity index (χ2v) is 9.36. The molecule has 0 bridgehead atoms. The number of sulfonamides is 1. The molecule has 0 saturated carbocycles. The summed E-state index contributed by atoms with van der Waals surface area (Å²) in [7, 11) is -1.49. The van der Waals surface area contributed by atoms with E-state index in [1.54, 1.807) is 25.2 Å². The van der Waals surface area contributed by atoms with E-state index in [9.17, 15) is 13.2 Å². The van der Waals surface area contributed by atoms with Crippen molar-refractivity contribution in [1.82, 2.24) is 18.7 Å². The Balaban J connectivity index is 1.81. The quantitative estimate of drug-likeness (QED) is 0.761. The zero-order chi connectivity index (χ0) is 19.1. The summed E-state index contributed by atoms with van der Waals surface area (Å²) in [6.07, 6.45) is 2.49. The predicted molar refractivity (Wildman–Crippen MR) is 101 cm³/mol. The summed E-state index contributed by atoms with van der Waals surface area (Å²) in [6.45, 7) is 1.13. The van der Waals surface area contributed by atoms with E-state index in [2.05, 4.69) is 5.10 Å². The normalized spacial score (nSPS) is 16.9. The van der Waals surface area contributed by atoms with Gasteiger partial charge < -0.3 is 0 Å². The minimum Gasteiger partial charge on any atom is -0.282 e. The molecule has 1 aliphatic rings. The van der Waals surface area contributed by atoms with Crippen molar-refractivity contribution in [2.75, 3.05) is 19.3 Å². The fourth-order valence-corrected chi connectivity index (χ4v) is 4.56. The van der Waals surface area contributed by atoms with E-state index in [-0.39, 0.29) is 18.2 Å². The average molecular weight is 419 g/mol. The third kappa shape index (κ3) is 3.98. The fourth-order valence-electron chi connectivity index (χ4n) is 3.22. The van der Waals surface area contributed by atoms with Crippen LogP contribution in [0.3, 0.4) is 0 Å². The second kappa shape index (κ2) is 7.34. The smallest absolute Gasteiger partial charge is 0.282 e. The molecule has 2 heterocycles. The highest BCUT2D eigenvalue weighted by Gasteiger charge is 2.29. The molecule has 3 rings (SSSR count). The zero-order valence-corrected chi connectivity index (χ0v) is 16.9. The van der Waals surface area contributed by atoms with Crippen LogP contribution in [0.5, 0.6) is 0 Å². The monoisotopic (exact) mass is 418 g/mol. The number of aromatic nitrogens is 3. The highest BCUT2D eigenvalue weighted by molar-refractivity contribution is 7.88. The Morgan fingerprint density at radius 3 is 2.46 bits per heavy atom. The molecule has 0 radical (unpaired) electrons. The number of halogens is 2. The lowest BCUT2D eigenvalue weighted by atomic mass is 9.97. The summed E-state index contributed by atoms with van der Waals surface area (Å²) in [4.78, 5) is 12.5. The fraction of sp³-hybridized carbons (Fsp3) is 0.500. The third-order valence-electron chi connectivity index (χ3n) is 4.70. The summed E-state index contributed by atoms with van der Waals surface area (Å²) < 4.78 is 27.7. The van der Waals surface area contributed by atoms with Crippen LogP contribution in [0.1, 0.15) is 30.1 Å². The first kappa shape index (κ1) is 19.4. The van der Waals surface area contributed by atoms with Crippen molar-refractivity contribution in [3.05, 3.63) is 50.1 Å². The SMILES string of the molecule is Cn1c(C2CCN(S(C)(=O)=O)CC2)nn(Cc2ccc(Cl)cc2Cl)c1=O. The molecule has 10 heteroatoms. The molecule has 1 saturated heterocycles. The average Bonchev–Trinajstić information content (AvgIpc) is 2.85. The summed E-state index contributed by atoms with van der Waals surface area (Å²) >= 11 is 12.1. The molecule has 26 heavy (non-hydrogen) atoms. The first-order chi connectivity index (χ1) is 12.2. The number of nitrogens with zero attached hydrogens (tertiary/aromatic N) is 4. The van der Waals surface area contributed by atoms with Gasteiger partial charge in [-0.3, -0.25) is 4.57 Å². The van der Waals surface area contributed by atoms with E-state index in [0.717, 1.165) is 5.56 Å². The van der Waals surface area contributed by atoms with Crippen LogP contribution in [0.15, 0.2) is 23.0 Å². The molecule has 0 N–H and O–H groups in total. The molecule has 1 fully saturated rings. The predicted octanol–water partition coefficient (Wildman–Crippen LogP) is 2.08. The van der Waals surface area contributed by atoms with Crippen LogP contribution in [0, 0.1) is 0 Å². The van der Waals surface area contributed by atoms with Crippen molar-refractivity contribution in [3.63, 3.8) is 0 Å². The van der Waals surface area contributed by atoms with E-state index in [1.165, 1.54) is 19.8 Å². The molecule has 142 valence electrons. The van der Waals surface area contributed by atoms with Crippen LogP contribution >= 0.6 is 23.2 Å². The lowest BCUT2D eigenvalue weighted by Gasteiger charge is -2.29. The summed E-state index contributed by atoms with van der Waals surface area (Å²) in [5.41, 5.74) is 0.534. The molecule has 1 aromatic heterocycles. The van der Waals surface area contributed by atoms with Gasteiger partial charge in [-0.15, -0.1) is 0 Å². The van der Waals surface area contributed by atoms with Crippen LogP contribution in [0.4, 0.5) is 0 Å². The van der Waals surface area contributed by atoms with Gasteiger partial charge in [0, 0.05) is 36.1 Å². The van der Waals surface area contributed by atoms with Crippen LogP contribution in [-0.2, 0) is 23.6 Å².